The molecule has 0 radical (unpaired) electrons. The van der Waals surface area contributed by atoms with E-state index in [1.165, 1.54) is 27.8 Å². The topological polar surface area (TPSA) is 35.0 Å². The Labute approximate surface area is 324 Å². The first-order valence-electron chi connectivity index (χ1n) is 19.2. The van der Waals surface area contributed by atoms with E-state index < -0.39 is 5.41 Å². The molecule has 2 heterocycles. The van der Waals surface area contributed by atoms with Gasteiger partial charge in [0.25, 0.3) is 0 Å². The normalized spacial score (nSPS) is 13.3. The molecule has 0 N–H and O–H groups in total. The van der Waals surface area contributed by atoms with Crippen LogP contribution < -0.4 is 4.74 Å². The molecule has 1 aromatic heterocycles. The molecule has 12 rings (SSSR count). The van der Waals surface area contributed by atoms with Crippen LogP contribution in [0.25, 0.3) is 77.3 Å². The molecule has 1 aliphatic carbocycles. The van der Waals surface area contributed by atoms with Gasteiger partial charge in [-0.25, -0.2) is 9.97 Å². The zero-order valence-corrected chi connectivity index (χ0v) is 30.3. The summed E-state index contributed by atoms with van der Waals surface area (Å²) in [6.07, 6.45) is 0. The van der Waals surface area contributed by atoms with E-state index in [4.69, 9.17) is 14.7 Å². The second-order valence-electron chi connectivity index (χ2n) is 14.8. The van der Waals surface area contributed by atoms with Crippen molar-refractivity contribution in [2.75, 3.05) is 0 Å². The van der Waals surface area contributed by atoms with E-state index in [9.17, 15) is 0 Å². The Morgan fingerprint density at radius 3 is 1.66 bits per heavy atom. The summed E-state index contributed by atoms with van der Waals surface area (Å²) in [7, 11) is 0. The van der Waals surface area contributed by atoms with E-state index in [0.29, 0.717) is 5.82 Å². The third-order valence-electron chi connectivity index (χ3n) is 11.9. The summed E-state index contributed by atoms with van der Waals surface area (Å²) in [5.41, 5.74) is 13.0. The van der Waals surface area contributed by atoms with Gasteiger partial charge < -0.3 is 4.74 Å². The predicted molar refractivity (Wildman–Crippen MR) is 228 cm³/mol. The average Bonchev–Trinajstić information content (AvgIpc) is 3.57. The van der Waals surface area contributed by atoms with Crippen molar-refractivity contribution in [1.29, 1.82) is 0 Å². The molecule has 1 spiro atoms. The van der Waals surface area contributed by atoms with Crippen LogP contribution in [0.1, 0.15) is 22.3 Å². The van der Waals surface area contributed by atoms with Crippen molar-refractivity contribution in [2.24, 2.45) is 0 Å². The highest BCUT2D eigenvalue weighted by molar-refractivity contribution is 6.02. The third-order valence-corrected chi connectivity index (χ3v) is 11.9. The fourth-order valence-corrected chi connectivity index (χ4v) is 9.52. The average molecular weight is 713 g/mol. The van der Waals surface area contributed by atoms with Crippen LogP contribution >= 0.6 is 0 Å². The van der Waals surface area contributed by atoms with Gasteiger partial charge in [0.1, 0.15) is 11.5 Å². The van der Waals surface area contributed by atoms with Gasteiger partial charge in [0.05, 0.1) is 16.6 Å². The van der Waals surface area contributed by atoms with Crippen molar-refractivity contribution in [2.45, 2.75) is 5.41 Å². The number of nitrogens with zero attached hydrogens (tertiary/aromatic N) is 2. The molecular formula is C53H32N2O. The molecule has 0 saturated carbocycles. The minimum Gasteiger partial charge on any atom is -0.455 e. The molecule has 2 aliphatic rings. The van der Waals surface area contributed by atoms with Gasteiger partial charge in [-0.2, -0.15) is 0 Å². The maximum atomic E-state index is 7.19. The first-order valence-corrected chi connectivity index (χ1v) is 19.2. The SMILES string of the molecule is c1ccc(-c2nc(-c3ccc(-c4cccc5c4C4(c6ccccc6-5)c5ccc6ccccc6c5Oc5c4ccc4ccccc54)cc3)nc3ccccc23)cc1. The molecule has 9 aromatic carbocycles. The highest BCUT2D eigenvalue weighted by atomic mass is 16.5. The van der Waals surface area contributed by atoms with Gasteiger partial charge in [0.15, 0.2) is 5.82 Å². The first kappa shape index (κ1) is 31.0. The summed E-state index contributed by atoms with van der Waals surface area (Å²) in [6.45, 7) is 0. The summed E-state index contributed by atoms with van der Waals surface area (Å²) in [4.78, 5) is 10.2. The molecular weight excluding hydrogens is 681 g/mol. The van der Waals surface area contributed by atoms with E-state index in [0.717, 1.165) is 77.5 Å². The van der Waals surface area contributed by atoms with Crippen LogP contribution in [0.3, 0.4) is 0 Å². The number of para-hydroxylation sites is 1. The van der Waals surface area contributed by atoms with Crippen LogP contribution in [0.15, 0.2) is 194 Å². The maximum Gasteiger partial charge on any atom is 0.160 e. The van der Waals surface area contributed by atoms with E-state index >= 15 is 0 Å². The molecule has 1 aliphatic heterocycles. The third kappa shape index (κ3) is 4.28. The molecule has 0 unspecified atom stereocenters. The van der Waals surface area contributed by atoms with Gasteiger partial charge in [0, 0.05) is 38.4 Å². The summed E-state index contributed by atoms with van der Waals surface area (Å²) in [6, 6.07) is 69.6. The van der Waals surface area contributed by atoms with Crippen molar-refractivity contribution < 1.29 is 4.74 Å². The lowest BCUT2D eigenvalue weighted by Gasteiger charge is -2.41. The molecule has 0 saturated heterocycles. The quantitative estimate of drug-likeness (QED) is 0.183. The Hall–Kier alpha value is -7.36. The fourth-order valence-electron chi connectivity index (χ4n) is 9.52. The Kier molecular flexibility index (Phi) is 6.55. The lowest BCUT2D eigenvalue weighted by Crippen LogP contribution is -2.33. The Morgan fingerprint density at radius 1 is 0.357 bits per heavy atom. The van der Waals surface area contributed by atoms with Gasteiger partial charge in [-0.3, -0.25) is 0 Å². The molecule has 0 amide bonds. The molecule has 0 bridgehead atoms. The minimum atomic E-state index is -0.635. The number of hydrogen-bond donors (Lipinski definition) is 0. The summed E-state index contributed by atoms with van der Waals surface area (Å²) in [5.74, 6) is 2.55. The lowest BCUT2D eigenvalue weighted by molar-refractivity contribution is 0.447. The van der Waals surface area contributed by atoms with E-state index in [2.05, 4.69) is 182 Å². The minimum absolute atomic E-state index is 0.635. The molecule has 3 nitrogen and oxygen atoms in total. The number of ether oxygens (including phenoxy) is 1. The zero-order chi connectivity index (χ0) is 36.8. The lowest BCUT2D eigenvalue weighted by atomic mass is 9.64. The molecule has 260 valence electrons. The Bertz CT molecular complexity index is 3140. The fraction of sp³-hybridized carbons (Fsp3) is 0.0189. The predicted octanol–water partition coefficient (Wildman–Crippen LogP) is 13.4. The first-order chi connectivity index (χ1) is 27.8. The summed E-state index contributed by atoms with van der Waals surface area (Å²) < 4.78 is 7.19. The van der Waals surface area contributed by atoms with Crippen LogP contribution in [-0.4, -0.2) is 9.97 Å². The maximum absolute atomic E-state index is 7.19. The number of hydrogen-bond acceptors (Lipinski definition) is 3. The van der Waals surface area contributed by atoms with Crippen molar-refractivity contribution in [3.05, 3.63) is 216 Å². The van der Waals surface area contributed by atoms with Crippen molar-refractivity contribution >= 4 is 32.4 Å². The van der Waals surface area contributed by atoms with Crippen LogP contribution in [0.2, 0.25) is 0 Å². The zero-order valence-electron chi connectivity index (χ0n) is 30.3. The molecule has 0 fully saturated rings. The van der Waals surface area contributed by atoms with Gasteiger partial charge in [-0.15, -0.1) is 0 Å². The number of aromatic nitrogens is 2. The molecule has 56 heavy (non-hydrogen) atoms. The molecule has 0 atom stereocenters. The second kappa shape index (κ2) is 11.8. The van der Waals surface area contributed by atoms with E-state index in [-0.39, 0.29) is 0 Å². The number of benzene rings is 9. The molecule has 3 heteroatoms. The number of rotatable bonds is 3. The Morgan fingerprint density at radius 2 is 0.929 bits per heavy atom. The van der Waals surface area contributed by atoms with Gasteiger partial charge in [-0.1, -0.05) is 188 Å². The smallest absolute Gasteiger partial charge is 0.160 e. The highest BCUT2D eigenvalue weighted by Gasteiger charge is 2.53. The standard InChI is InChI=1S/C53H32N2O/c1-2-15-36(16-3-1)49-43-20-9-11-24-47(43)54-52(55-49)37-27-25-35(26-28-37)38-21-12-22-42-41-19-8-10-23-44(41)53(48(38)42)45-31-29-33-13-4-6-17-39(33)50(45)56-51-40-18-7-5-14-34(40)30-32-46(51)53/h1-32H. The largest absolute Gasteiger partial charge is 0.455 e. The Balaban J connectivity index is 1.11. The highest BCUT2D eigenvalue weighted by Crippen LogP contribution is 2.65. The van der Waals surface area contributed by atoms with Gasteiger partial charge in [0.2, 0.25) is 0 Å². The second-order valence-corrected chi connectivity index (χ2v) is 14.8. The molecule has 10 aromatic rings. The monoisotopic (exact) mass is 712 g/mol. The van der Waals surface area contributed by atoms with E-state index in [1.54, 1.807) is 0 Å². The van der Waals surface area contributed by atoms with E-state index in [1.807, 2.05) is 12.1 Å². The van der Waals surface area contributed by atoms with Crippen LogP contribution in [0.4, 0.5) is 0 Å². The van der Waals surface area contributed by atoms with Crippen molar-refractivity contribution in [3.63, 3.8) is 0 Å². The van der Waals surface area contributed by atoms with Crippen LogP contribution in [0.5, 0.6) is 11.5 Å². The van der Waals surface area contributed by atoms with Crippen LogP contribution in [0, 0.1) is 0 Å². The van der Waals surface area contributed by atoms with Crippen molar-refractivity contribution in [1.82, 2.24) is 9.97 Å². The van der Waals surface area contributed by atoms with Crippen molar-refractivity contribution in [3.8, 4) is 56.4 Å². The van der Waals surface area contributed by atoms with Gasteiger partial charge >= 0.3 is 0 Å². The number of fused-ring (bicyclic) bond motifs is 14. The summed E-state index contributed by atoms with van der Waals surface area (Å²) >= 11 is 0. The summed E-state index contributed by atoms with van der Waals surface area (Å²) in [5, 5.41) is 5.59. The van der Waals surface area contributed by atoms with Gasteiger partial charge in [-0.05, 0) is 50.2 Å². The van der Waals surface area contributed by atoms with Crippen LogP contribution in [-0.2, 0) is 5.41 Å².